The van der Waals surface area contributed by atoms with Gasteiger partial charge < -0.3 is 10.4 Å². The number of hydrogen-bond donors (Lipinski definition) is 2. The largest absolute Gasteiger partial charge is 0.392 e. The van der Waals surface area contributed by atoms with Gasteiger partial charge in [0, 0.05) is 23.3 Å². The molecule has 3 heteroatoms. The average molecular weight is 278 g/mol. The topological polar surface area (TPSA) is 45.2 Å². The van der Waals surface area contributed by atoms with E-state index in [2.05, 4.69) is 35.4 Å². The van der Waals surface area contributed by atoms with E-state index in [1.54, 1.807) is 6.20 Å². The maximum atomic E-state index is 9.22. The maximum Gasteiger partial charge on any atom is 0.0703 e. The molecular weight excluding hydrogens is 260 g/mol. The standard InChI is InChI=1S/C18H18N2O/c1-13(15-5-2-4-14(10-15)12-21)20-17-7-8-18-16(11-17)6-3-9-19-18/h2-11,13,20-21H,12H2,1H3. The van der Waals surface area contributed by atoms with Crippen molar-refractivity contribution in [2.75, 3.05) is 5.32 Å². The second-order valence-corrected chi connectivity index (χ2v) is 5.18. The van der Waals surface area contributed by atoms with Crippen molar-refractivity contribution >= 4 is 16.6 Å². The number of aromatic nitrogens is 1. The molecule has 0 fully saturated rings. The van der Waals surface area contributed by atoms with Crippen LogP contribution in [0.25, 0.3) is 10.9 Å². The summed E-state index contributed by atoms with van der Waals surface area (Å²) in [5.41, 5.74) is 4.16. The molecule has 0 aliphatic rings. The molecule has 1 unspecified atom stereocenters. The van der Waals surface area contributed by atoms with Gasteiger partial charge in [-0.25, -0.2) is 0 Å². The molecule has 1 atom stereocenters. The van der Waals surface area contributed by atoms with Crippen molar-refractivity contribution in [1.29, 1.82) is 0 Å². The Morgan fingerprint density at radius 1 is 1.10 bits per heavy atom. The molecule has 0 saturated carbocycles. The molecule has 0 spiro atoms. The predicted molar refractivity (Wildman–Crippen MR) is 86.1 cm³/mol. The molecule has 1 aromatic heterocycles. The molecule has 21 heavy (non-hydrogen) atoms. The fourth-order valence-electron chi connectivity index (χ4n) is 2.46. The van der Waals surface area contributed by atoms with Gasteiger partial charge in [0.15, 0.2) is 0 Å². The average Bonchev–Trinajstić information content (AvgIpc) is 2.54. The summed E-state index contributed by atoms with van der Waals surface area (Å²) >= 11 is 0. The van der Waals surface area contributed by atoms with Gasteiger partial charge in [-0.2, -0.15) is 0 Å². The molecule has 0 radical (unpaired) electrons. The number of nitrogens with zero attached hydrogens (tertiary/aromatic N) is 1. The lowest BCUT2D eigenvalue weighted by molar-refractivity contribution is 0.281. The first-order valence-corrected chi connectivity index (χ1v) is 7.07. The minimum Gasteiger partial charge on any atom is -0.392 e. The number of benzene rings is 2. The summed E-state index contributed by atoms with van der Waals surface area (Å²) in [5, 5.41) is 13.8. The predicted octanol–water partition coefficient (Wildman–Crippen LogP) is 3.90. The highest BCUT2D eigenvalue weighted by molar-refractivity contribution is 5.82. The van der Waals surface area contributed by atoms with Crippen LogP contribution in [-0.2, 0) is 6.61 Å². The fraction of sp³-hybridized carbons (Fsp3) is 0.167. The lowest BCUT2D eigenvalue weighted by Gasteiger charge is -2.17. The lowest BCUT2D eigenvalue weighted by atomic mass is 10.0. The molecule has 0 aliphatic heterocycles. The SMILES string of the molecule is CC(Nc1ccc2ncccc2c1)c1cccc(CO)c1. The highest BCUT2D eigenvalue weighted by Crippen LogP contribution is 2.23. The van der Waals surface area contributed by atoms with Crippen LogP contribution in [0.3, 0.4) is 0 Å². The van der Waals surface area contributed by atoms with Gasteiger partial charge in [0.2, 0.25) is 0 Å². The summed E-state index contributed by atoms with van der Waals surface area (Å²) in [5.74, 6) is 0. The zero-order chi connectivity index (χ0) is 14.7. The van der Waals surface area contributed by atoms with Gasteiger partial charge in [0.05, 0.1) is 12.1 Å². The van der Waals surface area contributed by atoms with Crippen LogP contribution in [0, 0.1) is 0 Å². The molecule has 0 aliphatic carbocycles. The number of hydrogen-bond acceptors (Lipinski definition) is 3. The summed E-state index contributed by atoms with van der Waals surface area (Å²) in [6.45, 7) is 2.19. The summed E-state index contributed by atoms with van der Waals surface area (Å²) in [4.78, 5) is 4.33. The van der Waals surface area contributed by atoms with E-state index in [4.69, 9.17) is 0 Å². The monoisotopic (exact) mass is 278 g/mol. The first-order chi connectivity index (χ1) is 10.3. The minimum atomic E-state index is 0.0716. The quantitative estimate of drug-likeness (QED) is 0.760. The van der Waals surface area contributed by atoms with Gasteiger partial charge in [-0.3, -0.25) is 4.98 Å². The van der Waals surface area contributed by atoms with Crippen molar-refractivity contribution in [3.63, 3.8) is 0 Å². The lowest BCUT2D eigenvalue weighted by Crippen LogP contribution is -2.07. The number of rotatable bonds is 4. The second-order valence-electron chi connectivity index (χ2n) is 5.18. The number of pyridine rings is 1. The Kier molecular flexibility index (Phi) is 3.84. The highest BCUT2D eigenvalue weighted by Gasteiger charge is 2.06. The van der Waals surface area contributed by atoms with Gasteiger partial charge >= 0.3 is 0 Å². The van der Waals surface area contributed by atoms with Crippen molar-refractivity contribution in [2.45, 2.75) is 19.6 Å². The summed E-state index contributed by atoms with van der Waals surface area (Å²) in [6, 6.07) is 18.3. The molecule has 1 heterocycles. The van der Waals surface area contributed by atoms with Gasteiger partial charge in [-0.15, -0.1) is 0 Å². The zero-order valence-corrected chi connectivity index (χ0v) is 12.0. The first kappa shape index (κ1) is 13.6. The van der Waals surface area contributed by atoms with Gasteiger partial charge in [0.25, 0.3) is 0 Å². The Morgan fingerprint density at radius 2 is 2.00 bits per heavy atom. The van der Waals surface area contributed by atoms with E-state index in [1.807, 2.05) is 36.4 Å². The Bertz CT molecular complexity index is 755. The summed E-state index contributed by atoms with van der Waals surface area (Å²) in [6.07, 6.45) is 1.80. The van der Waals surface area contributed by atoms with Crippen LogP contribution in [0.1, 0.15) is 24.1 Å². The Labute approximate surface area is 124 Å². The molecule has 106 valence electrons. The number of anilines is 1. The van der Waals surface area contributed by atoms with Gasteiger partial charge in [-0.05, 0) is 42.3 Å². The highest BCUT2D eigenvalue weighted by atomic mass is 16.3. The second kappa shape index (κ2) is 5.94. The van der Waals surface area contributed by atoms with Crippen LogP contribution < -0.4 is 5.32 Å². The summed E-state index contributed by atoms with van der Waals surface area (Å²) in [7, 11) is 0. The van der Waals surface area contributed by atoms with Crippen LogP contribution in [0.4, 0.5) is 5.69 Å². The Balaban J connectivity index is 1.83. The van der Waals surface area contributed by atoms with Crippen LogP contribution >= 0.6 is 0 Å². The third-order valence-electron chi connectivity index (χ3n) is 3.62. The van der Waals surface area contributed by atoms with Crippen LogP contribution in [0.2, 0.25) is 0 Å². The first-order valence-electron chi connectivity index (χ1n) is 7.07. The molecule has 0 bridgehead atoms. The molecule has 2 N–H and O–H groups in total. The smallest absolute Gasteiger partial charge is 0.0703 e. The van der Waals surface area contributed by atoms with E-state index < -0.39 is 0 Å². The maximum absolute atomic E-state index is 9.22. The van der Waals surface area contributed by atoms with Crippen LogP contribution in [-0.4, -0.2) is 10.1 Å². The van der Waals surface area contributed by atoms with E-state index in [9.17, 15) is 5.11 Å². The number of aliphatic hydroxyl groups excluding tert-OH is 1. The van der Waals surface area contributed by atoms with Crippen LogP contribution in [0.15, 0.2) is 60.8 Å². The third kappa shape index (κ3) is 3.03. The third-order valence-corrected chi connectivity index (χ3v) is 3.62. The van der Waals surface area contributed by atoms with E-state index in [0.717, 1.165) is 27.7 Å². The molecule has 3 nitrogen and oxygen atoms in total. The van der Waals surface area contributed by atoms with Crippen LogP contribution in [0.5, 0.6) is 0 Å². The number of nitrogens with one attached hydrogen (secondary N) is 1. The Morgan fingerprint density at radius 3 is 2.86 bits per heavy atom. The zero-order valence-electron chi connectivity index (χ0n) is 12.0. The molecular formula is C18H18N2O. The van der Waals surface area contributed by atoms with Crippen molar-refractivity contribution in [3.05, 3.63) is 71.9 Å². The van der Waals surface area contributed by atoms with Crippen molar-refractivity contribution < 1.29 is 5.11 Å². The van der Waals surface area contributed by atoms with E-state index in [1.165, 1.54) is 0 Å². The minimum absolute atomic E-state index is 0.0716. The number of aliphatic hydroxyl groups is 1. The van der Waals surface area contributed by atoms with E-state index in [-0.39, 0.29) is 12.6 Å². The van der Waals surface area contributed by atoms with Crippen molar-refractivity contribution in [2.24, 2.45) is 0 Å². The normalized spacial score (nSPS) is 12.3. The van der Waals surface area contributed by atoms with Gasteiger partial charge in [-0.1, -0.05) is 30.3 Å². The van der Waals surface area contributed by atoms with Crippen molar-refractivity contribution in [1.82, 2.24) is 4.98 Å². The molecule has 3 aromatic rings. The fourth-order valence-corrected chi connectivity index (χ4v) is 2.46. The molecule has 0 saturated heterocycles. The van der Waals surface area contributed by atoms with Gasteiger partial charge in [0.1, 0.15) is 0 Å². The van der Waals surface area contributed by atoms with E-state index in [0.29, 0.717) is 0 Å². The molecule has 3 rings (SSSR count). The van der Waals surface area contributed by atoms with E-state index >= 15 is 0 Å². The molecule has 0 amide bonds. The molecule has 2 aromatic carbocycles. The Hall–Kier alpha value is -2.39. The summed E-state index contributed by atoms with van der Waals surface area (Å²) < 4.78 is 0. The number of fused-ring (bicyclic) bond motifs is 1. The van der Waals surface area contributed by atoms with Crippen molar-refractivity contribution in [3.8, 4) is 0 Å².